The van der Waals surface area contributed by atoms with Gasteiger partial charge in [0.1, 0.15) is 17.2 Å². The van der Waals surface area contributed by atoms with Crippen LogP contribution in [0.3, 0.4) is 0 Å². The molecule has 29 heavy (non-hydrogen) atoms. The Morgan fingerprint density at radius 1 is 1.17 bits per heavy atom. The van der Waals surface area contributed by atoms with Crippen LogP contribution in [0.2, 0.25) is 0 Å². The number of ether oxygens (including phenoxy) is 2. The molecule has 1 saturated heterocycles. The number of aromatic nitrogens is 2. The van der Waals surface area contributed by atoms with Crippen LogP contribution in [0.4, 0.5) is 5.69 Å². The SMILES string of the molecule is Cc1ccc(Oc2ncc(N3C(=O)C(=N)C(C)(C)C3=O)cn2)c2c1OCC21CC1. The second-order valence-corrected chi connectivity index (χ2v) is 8.43. The van der Waals surface area contributed by atoms with Crippen LogP contribution in [0.5, 0.6) is 17.5 Å². The first kappa shape index (κ1) is 17.8. The molecular formula is C21H20N4O4. The summed E-state index contributed by atoms with van der Waals surface area (Å²) < 4.78 is 11.9. The second kappa shape index (κ2) is 5.62. The Bertz CT molecular complexity index is 1090. The molecule has 1 aromatic heterocycles. The van der Waals surface area contributed by atoms with Crippen LogP contribution >= 0.6 is 0 Å². The van der Waals surface area contributed by atoms with Gasteiger partial charge in [-0.3, -0.25) is 15.0 Å². The minimum absolute atomic E-state index is 0.0387. The molecule has 1 aliphatic carbocycles. The van der Waals surface area contributed by atoms with Gasteiger partial charge in [-0.05, 0) is 45.2 Å². The number of hydrogen-bond acceptors (Lipinski definition) is 7. The van der Waals surface area contributed by atoms with E-state index in [9.17, 15) is 9.59 Å². The highest BCUT2D eigenvalue weighted by molar-refractivity contribution is 6.58. The predicted octanol–water partition coefficient (Wildman–Crippen LogP) is 2.92. The van der Waals surface area contributed by atoms with Crippen molar-refractivity contribution in [1.82, 2.24) is 9.97 Å². The smallest absolute Gasteiger partial charge is 0.322 e. The fourth-order valence-electron chi connectivity index (χ4n) is 3.94. The Kier molecular flexibility index (Phi) is 3.45. The Balaban J connectivity index is 1.44. The second-order valence-electron chi connectivity index (χ2n) is 8.43. The van der Waals surface area contributed by atoms with Gasteiger partial charge >= 0.3 is 6.01 Å². The molecule has 3 heterocycles. The van der Waals surface area contributed by atoms with E-state index in [4.69, 9.17) is 14.9 Å². The fraction of sp³-hybridized carbons (Fsp3) is 0.381. The molecular weight excluding hydrogens is 372 g/mol. The highest BCUT2D eigenvalue weighted by atomic mass is 16.5. The monoisotopic (exact) mass is 392 g/mol. The number of fused-ring (bicyclic) bond motifs is 2. The molecule has 3 aliphatic rings. The Labute approximate surface area is 167 Å². The molecule has 0 unspecified atom stereocenters. The van der Waals surface area contributed by atoms with Gasteiger partial charge in [0.05, 0.1) is 30.1 Å². The molecule has 2 aromatic rings. The number of carbonyl (C=O) groups is 2. The van der Waals surface area contributed by atoms with Crippen LogP contribution in [-0.2, 0) is 15.0 Å². The van der Waals surface area contributed by atoms with Gasteiger partial charge in [0.2, 0.25) is 5.91 Å². The molecule has 2 amide bonds. The quantitative estimate of drug-likeness (QED) is 0.805. The maximum atomic E-state index is 12.5. The third-order valence-corrected chi connectivity index (χ3v) is 6.05. The van der Waals surface area contributed by atoms with Gasteiger partial charge in [-0.2, -0.15) is 0 Å². The summed E-state index contributed by atoms with van der Waals surface area (Å²) in [7, 11) is 0. The van der Waals surface area contributed by atoms with Gasteiger partial charge < -0.3 is 9.47 Å². The summed E-state index contributed by atoms with van der Waals surface area (Å²) in [5.41, 5.74) is 1.00. The van der Waals surface area contributed by atoms with E-state index in [0.717, 1.165) is 34.6 Å². The van der Waals surface area contributed by atoms with Gasteiger partial charge in [-0.25, -0.2) is 14.9 Å². The molecule has 1 N–H and O–H groups in total. The molecule has 1 aromatic carbocycles. The molecule has 0 bridgehead atoms. The van der Waals surface area contributed by atoms with E-state index in [0.29, 0.717) is 12.4 Å². The average molecular weight is 392 g/mol. The zero-order chi connectivity index (χ0) is 20.6. The van der Waals surface area contributed by atoms with E-state index in [1.807, 2.05) is 19.1 Å². The Morgan fingerprint density at radius 3 is 2.45 bits per heavy atom. The van der Waals surface area contributed by atoms with Gasteiger partial charge in [0.25, 0.3) is 5.91 Å². The third kappa shape index (κ3) is 2.41. The van der Waals surface area contributed by atoms with Gasteiger partial charge in [0, 0.05) is 11.0 Å². The molecule has 2 aliphatic heterocycles. The topological polar surface area (TPSA) is 105 Å². The highest BCUT2D eigenvalue weighted by Crippen LogP contribution is 2.59. The average Bonchev–Trinajstić information content (AvgIpc) is 3.34. The summed E-state index contributed by atoms with van der Waals surface area (Å²) in [5.74, 6) is 0.436. The van der Waals surface area contributed by atoms with Crippen molar-refractivity contribution in [3.05, 3.63) is 35.7 Å². The highest BCUT2D eigenvalue weighted by Gasteiger charge is 2.53. The molecule has 148 valence electrons. The Hall–Kier alpha value is -3.29. The first-order valence-electron chi connectivity index (χ1n) is 9.49. The fourth-order valence-corrected chi connectivity index (χ4v) is 3.94. The molecule has 1 saturated carbocycles. The molecule has 2 fully saturated rings. The van der Waals surface area contributed by atoms with Crippen molar-refractivity contribution in [2.75, 3.05) is 11.5 Å². The van der Waals surface area contributed by atoms with Gasteiger partial charge in [-0.15, -0.1) is 0 Å². The minimum Gasteiger partial charge on any atom is -0.492 e. The lowest BCUT2D eigenvalue weighted by molar-refractivity contribution is -0.124. The van der Waals surface area contributed by atoms with E-state index in [-0.39, 0.29) is 22.8 Å². The van der Waals surface area contributed by atoms with Crippen molar-refractivity contribution in [2.24, 2.45) is 5.41 Å². The molecule has 8 nitrogen and oxygen atoms in total. The lowest BCUT2D eigenvalue weighted by Gasteiger charge is -2.16. The molecule has 8 heteroatoms. The molecule has 1 spiro atoms. The van der Waals surface area contributed by atoms with Crippen LogP contribution in [-0.4, -0.2) is 34.1 Å². The number of aryl methyl sites for hydroxylation is 1. The van der Waals surface area contributed by atoms with Crippen molar-refractivity contribution in [3.8, 4) is 17.5 Å². The Morgan fingerprint density at radius 2 is 1.86 bits per heavy atom. The number of hydrogen-bond donors (Lipinski definition) is 1. The predicted molar refractivity (Wildman–Crippen MR) is 104 cm³/mol. The van der Waals surface area contributed by atoms with Crippen molar-refractivity contribution in [3.63, 3.8) is 0 Å². The van der Waals surface area contributed by atoms with Crippen molar-refractivity contribution < 1.29 is 19.1 Å². The summed E-state index contributed by atoms with van der Waals surface area (Å²) in [5, 5.41) is 7.90. The standard InChI is InChI=1S/C21H20N4O4/c1-11-4-5-13(14-15(11)28-10-21(14)6-7-21)29-19-23-8-12(9-24-19)25-17(26)16(22)20(2,3)18(25)27/h4-5,8-9,22H,6-7,10H2,1-3H3. The number of amides is 2. The number of nitrogens with zero attached hydrogens (tertiary/aromatic N) is 3. The number of carbonyl (C=O) groups excluding carboxylic acids is 2. The van der Waals surface area contributed by atoms with Crippen molar-refractivity contribution in [1.29, 1.82) is 5.41 Å². The maximum Gasteiger partial charge on any atom is 0.322 e. The zero-order valence-electron chi connectivity index (χ0n) is 16.4. The van der Waals surface area contributed by atoms with Crippen LogP contribution in [0, 0.1) is 17.7 Å². The zero-order valence-corrected chi connectivity index (χ0v) is 16.4. The first-order valence-corrected chi connectivity index (χ1v) is 9.49. The third-order valence-electron chi connectivity index (χ3n) is 6.05. The number of imide groups is 1. The number of nitrogens with one attached hydrogen (secondary N) is 1. The lowest BCUT2D eigenvalue weighted by Crippen LogP contribution is -2.33. The van der Waals surface area contributed by atoms with Crippen LogP contribution in [0.25, 0.3) is 0 Å². The molecule has 5 rings (SSSR count). The summed E-state index contributed by atoms with van der Waals surface area (Å²) in [6, 6.07) is 3.97. The number of anilines is 1. The van der Waals surface area contributed by atoms with Gasteiger partial charge in [-0.1, -0.05) is 6.07 Å². The minimum atomic E-state index is -1.16. The normalized spacial score (nSPS) is 20.8. The van der Waals surface area contributed by atoms with Crippen LogP contribution in [0.1, 0.15) is 37.8 Å². The maximum absolute atomic E-state index is 12.5. The van der Waals surface area contributed by atoms with Crippen LogP contribution < -0.4 is 14.4 Å². The van der Waals surface area contributed by atoms with Crippen molar-refractivity contribution in [2.45, 2.75) is 39.0 Å². The van der Waals surface area contributed by atoms with Gasteiger partial charge in [0.15, 0.2) is 0 Å². The summed E-state index contributed by atoms with van der Waals surface area (Å²) in [6.07, 6.45) is 4.87. The first-order chi connectivity index (χ1) is 13.7. The van der Waals surface area contributed by atoms with Crippen molar-refractivity contribution >= 4 is 23.2 Å². The van der Waals surface area contributed by atoms with E-state index in [1.165, 1.54) is 12.4 Å². The van der Waals surface area contributed by atoms with E-state index >= 15 is 0 Å². The summed E-state index contributed by atoms with van der Waals surface area (Å²) in [6.45, 7) is 5.80. The van der Waals surface area contributed by atoms with Crippen LogP contribution in [0.15, 0.2) is 24.5 Å². The number of rotatable bonds is 3. The van der Waals surface area contributed by atoms with E-state index in [1.54, 1.807) is 13.8 Å². The van der Waals surface area contributed by atoms with E-state index < -0.39 is 17.2 Å². The largest absolute Gasteiger partial charge is 0.492 e. The summed E-state index contributed by atoms with van der Waals surface area (Å²) in [4.78, 5) is 34.2. The molecule has 0 radical (unpaired) electrons. The number of benzene rings is 1. The summed E-state index contributed by atoms with van der Waals surface area (Å²) >= 11 is 0. The van der Waals surface area contributed by atoms with E-state index in [2.05, 4.69) is 9.97 Å². The molecule has 0 atom stereocenters. The lowest BCUT2D eigenvalue weighted by atomic mass is 9.90.